The van der Waals surface area contributed by atoms with E-state index in [4.69, 9.17) is 0 Å². The molecule has 0 N–H and O–H groups in total. The quantitative estimate of drug-likeness (QED) is 0.586. The van der Waals surface area contributed by atoms with E-state index in [1.54, 1.807) is 0 Å². The molecule has 0 atom stereocenters. The monoisotopic (exact) mass is 162 g/mol. The van der Waals surface area contributed by atoms with Crippen LogP contribution in [0.5, 0.6) is 0 Å². The van der Waals surface area contributed by atoms with Crippen molar-refractivity contribution in [1.82, 2.24) is 0 Å². The Hall–Kier alpha value is -0.780. The van der Waals surface area contributed by atoms with Gasteiger partial charge in [-0.25, -0.2) is 0 Å². The van der Waals surface area contributed by atoms with Gasteiger partial charge in [-0.05, 0) is 31.3 Å². The zero-order valence-corrected chi connectivity index (χ0v) is 7.97. The van der Waals surface area contributed by atoms with Crippen molar-refractivity contribution >= 4 is 0 Å². The second kappa shape index (κ2) is 4.97. The molecular weight excluding hydrogens is 144 g/mol. The Morgan fingerprint density at radius 1 is 1.58 bits per heavy atom. The molecule has 0 aromatic carbocycles. The van der Waals surface area contributed by atoms with Crippen LogP contribution in [0, 0.1) is 0 Å². The molecule has 1 aliphatic rings. The summed E-state index contributed by atoms with van der Waals surface area (Å²) in [5.74, 6) is 0. The molecule has 0 fully saturated rings. The van der Waals surface area contributed by atoms with E-state index < -0.39 is 0 Å². The first kappa shape index (κ1) is 9.31. The van der Waals surface area contributed by atoms with E-state index in [0.29, 0.717) is 0 Å². The molecule has 0 saturated carbocycles. The minimum absolute atomic E-state index is 1.18. The largest absolute Gasteiger partial charge is 0.0956 e. The van der Waals surface area contributed by atoms with Crippen molar-refractivity contribution < 1.29 is 0 Å². The van der Waals surface area contributed by atoms with Gasteiger partial charge in [-0.2, -0.15) is 0 Å². The standard InChI is InChI=1S/C12H18/c1-3-4-8-11(2)12-9-6-5-7-10-12/h5-6,9H,2-4,7-8,10H2,1H3. The van der Waals surface area contributed by atoms with E-state index in [0.717, 1.165) is 0 Å². The maximum absolute atomic E-state index is 4.11. The molecule has 1 rings (SSSR count). The predicted molar refractivity (Wildman–Crippen MR) is 55.1 cm³/mol. The minimum Gasteiger partial charge on any atom is -0.0956 e. The summed E-state index contributed by atoms with van der Waals surface area (Å²) < 4.78 is 0. The molecule has 0 radical (unpaired) electrons. The predicted octanol–water partition coefficient (Wildman–Crippen LogP) is 4.01. The highest BCUT2D eigenvalue weighted by molar-refractivity contribution is 5.33. The molecule has 0 spiro atoms. The lowest BCUT2D eigenvalue weighted by molar-refractivity contribution is 0.782. The number of allylic oxidation sites excluding steroid dienone is 5. The fourth-order valence-electron chi connectivity index (χ4n) is 1.45. The number of hydrogen-bond acceptors (Lipinski definition) is 0. The van der Waals surface area contributed by atoms with Crippen LogP contribution in [-0.2, 0) is 0 Å². The van der Waals surface area contributed by atoms with Crippen LogP contribution in [0.25, 0.3) is 0 Å². The summed E-state index contributed by atoms with van der Waals surface area (Å²) in [4.78, 5) is 0. The zero-order chi connectivity index (χ0) is 8.81. The van der Waals surface area contributed by atoms with Gasteiger partial charge in [0.15, 0.2) is 0 Å². The zero-order valence-electron chi connectivity index (χ0n) is 7.97. The van der Waals surface area contributed by atoms with Crippen molar-refractivity contribution in [3.05, 3.63) is 36.0 Å². The topological polar surface area (TPSA) is 0 Å². The molecule has 0 amide bonds. The third kappa shape index (κ3) is 2.69. The molecule has 0 aromatic rings. The maximum atomic E-state index is 4.11. The molecule has 0 nitrogen and oxygen atoms in total. The Labute approximate surface area is 75.7 Å². The second-order valence-corrected chi connectivity index (χ2v) is 3.37. The van der Waals surface area contributed by atoms with Gasteiger partial charge in [-0.1, -0.05) is 43.7 Å². The molecule has 0 aromatic heterocycles. The average Bonchev–Trinajstić information content (AvgIpc) is 2.15. The van der Waals surface area contributed by atoms with Crippen LogP contribution in [0.1, 0.15) is 39.0 Å². The van der Waals surface area contributed by atoms with Gasteiger partial charge >= 0.3 is 0 Å². The minimum atomic E-state index is 1.18. The van der Waals surface area contributed by atoms with Crippen LogP contribution < -0.4 is 0 Å². The van der Waals surface area contributed by atoms with Crippen molar-refractivity contribution in [2.75, 3.05) is 0 Å². The smallest absolute Gasteiger partial charge is 0.0242 e. The molecule has 66 valence electrons. The SMILES string of the molecule is C=C(CCCC)C1=CC=CCC1. The Morgan fingerprint density at radius 3 is 3.00 bits per heavy atom. The van der Waals surface area contributed by atoms with Gasteiger partial charge in [0.2, 0.25) is 0 Å². The molecule has 12 heavy (non-hydrogen) atoms. The van der Waals surface area contributed by atoms with Crippen LogP contribution in [-0.4, -0.2) is 0 Å². The fraction of sp³-hybridized carbons (Fsp3) is 0.500. The van der Waals surface area contributed by atoms with Crippen molar-refractivity contribution in [3.63, 3.8) is 0 Å². The van der Waals surface area contributed by atoms with Crippen molar-refractivity contribution in [2.45, 2.75) is 39.0 Å². The van der Waals surface area contributed by atoms with E-state index in [1.165, 1.54) is 43.3 Å². The van der Waals surface area contributed by atoms with Crippen molar-refractivity contribution in [3.8, 4) is 0 Å². The highest BCUT2D eigenvalue weighted by Gasteiger charge is 2.02. The van der Waals surface area contributed by atoms with Crippen LogP contribution in [0.3, 0.4) is 0 Å². The summed E-state index contributed by atoms with van der Waals surface area (Å²) in [5.41, 5.74) is 2.81. The third-order valence-corrected chi connectivity index (χ3v) is 2.30. The van der Waals surface area contributed by atoms with Gasteiger partial charge in [0.1, 0.15) is 0 Å². The Kier molecular flexibility index (Phi) is 3.86. The normalized spacial score (nSPS) is 15.9. The number of hydrogen-bond donors (Lipinski definition) is 0. The van der Waals surface area contributed by atoms with Crippen molar-refractivity contribution in [1.29, 1.82) is 0 Å². The first-order valence-electron chi connectivity index (χ1n) is 4.88. The second-order valence-electron chi connectivity index (χ2n) is 3.37. The Bertz CT molecular complexity index is 206. The van der Waals surface area contributed by atoms with E-state index in [-0.39, 0.29) is 0 Å². The first-order valence-corrected chi connectivity index (χ1v) is 4.88. The summed E-state index contributed by atoms with van der Waals surface area (Å²) in [7, 11) is 0. The van der Waals surface area contributed by atoms with E-state index >= 15 is 0 Å². The molecule has 0 heteroatoms. The molecule has 0 aliphatic heterocycles. The summed E-state index contributed by atoms with van der Waals surface area (Å²) in [6.45, 7) is 6.34. The van der Waals surface area contributed by atoms with E-state index in [9.17, 15) is 0 Å². The Balaban J connectivity index is 2.40. The van der Waals surface area contributed by atoms with Gasteiger partial charge in [-0.3, -0.25) is 0 Å². The summed E-state index contributed by atoms with van der Waals surface area (Å²) in [6.07, 6.45) is 12.7. The fourth-order valence-corrected chi connectivity index (χ4v) is 1.45. The van der Waals surface area contributed by atoms with Gasteiger partial charge in [0.25, 0.3) is 0 Å². The number of unbranched alkanes of at least 4 members (excludes halogenated alkanes) is 1. The van der Waals surface area contributed by atoms with Gasteiger partial charge in [0.05, 0.1) is 0 Å². The van der Waals surface area contributed by atoms with Crippen LogP contribution in [0.15, 0.2) is 36.0 Å². The van der Waals surface area contributed by atoms with Crippen molar-refractivity contribution in [2.24, 2.45) is 0 Å². The van der Waals surface area contributed by atoms with Gasteiger partial charge in [-0.15, -0.1) is 0 Å². The molecule has 0 heterocycles. The van der Waals surface area contributed by atoms with Gasteiger partial charge < -0.3 is 0 Å². The Morgan fingerprint density at radius 2 is 2.42 bits per heavy atom. The lowest BCUT2D eigenvalue weighted by atomic mass is 9.95. The van der Waals surface area contributed by atoms with Crippen LogP contribution in [0.2, 0.25) is 0 Å². The van der Waals surface area contributed by atoms with Gasteiger partial charge in [0, 0.05) is 0 Å². The average molecular weight is 162 g/mol. The molecule has 1 aliphatic carbocycles. The highest BCUT2D eigenvalue weighted by Crippen LogP contribution is 2.22. The summed E-state index contributed by atoms with van der Waals surface area (Å²) in [5, 5.41) is 0. The first-order chi connectivity index (χ1) is 5.84. The van der Waals surface area contributed by atoms with E-state index in [2.05, 4.69) is 31.7 Å². The maximum Gasteiger partial charge on any atom is -0.0242 e. The molecule has 0 saturated heterocycles. The van der Waals surface area contributed by atoms with E-state index in [1.807, 2.05) is 0 Å². The van der Waals surface area contributed by atoms with Crippen LogP contribution >= 0.6 is 0 Å². The molecule has 0 unspecified atom stereocenters. The lowest BCUT2D eigenvalue weighted by Crippen LogP contribution is -1.91. The highest BCUT2D eigenvalue weighted by atomic mass is 14.1. The molecular formula is C12H18. The molecule has 0 bridgehead atoms. The summed E-state index contributed by atoms with van der Waals surface area (Å²) >= 11 is 0. The summed E-state index contributed by atoms with van der Waals surface area (Å²) in [6, 6.07) is 0. The lowest BCUT2D eigenvalue weighted by Gasteiger charge is -2.11. The number of rotatable bonds is 4. The van der Waals surface area contributed by atoms with Crippen LogP contribution in [0.4, 0.5) is 0 Å². The third-order valence-electron chi connectivity index (χ3n) is 2.30.